The number of hydrogen-bond donors (Lipinski definition) is 0. The van der Waals surface area contributed by atoms with Crippen LogP contribution in [0.5, 0.6) is 5.88 Å². The minimum absolute atomic E-state index is 0.249. The zero-order valence-electron chi connectivity index (χ0n) is 18.2. The second-order valence-electron chi connectivity index (χ2n) is 8.12. The molecule has 1 aromatic carbocycles. The molecule has 0 aliphatic carbocycles. The van der Waals surface area contributed by atoms with Gasteiger partial charge in [0.1, 0.15) is 18.3 Å². The maximum absolute atomic E-state index is 13.2. The van der Waals surface area contributed by atoms with Crippen LogP contribution in [0.4, 0.5) is 8.78 Å². The maximum atomic E-state index is 13.2. The van der Waals surface area contributed by atoms with E-state index in [1.54, 1.807) is 11.7 Å². The average molecular weight is 459 g/mol. The van der Waals surface area contributed by atoms with Gasteiger partial charge in [0.2, 0.25) is 17.4 Å². The van der Waals surface area contributed by atoms with Crippen molar-refractivity contribution in [3.05, 3.63) is 70.9 Å². The number of ether oxygens (including phenoxy) is 1. The maximum Gasteiger partial charge on any atom is 0.420 e. The van der Waals surface area contributed by atoms with E-state index < -0.39 is 12.7 Å². The monoisotopic (exact) mass is 459 g/mol. The van der Waals surface area contributed by atoms with Gasteiger partial charge in [0.05, 0.1) is 29.1 Å². The number of carbonyl (C=O) groups is 1. The van der Waals surface area contributed by atoms with E-state index in [4.69, 9.17) is 9.72 Å². The summed E-state index contributed by atoms with van der Waals surface area (Å²) in [7, 11) is 3.49. The lowest BCUT2D eigenvalue weighted by Gasteiger charge is -2.18. The number of fused-ring (bicyclic) bond motifs is 9. The van der Waals surface area contributed by atoms with Crippen molar-refractivity contribution >= 4 is 22.7 Å². The highest BCUT2D eigenvalue weighted by Crippen LogP contribution is 2.42. The van der Waals surface area contributed by atoms with Crippen molar-refractivity contribution in [3.63, 3.8) is 0 Å². The molecule has 1 amide bonds. The SMILES string of the molecule is Cn1ccc(C#Cc2ccc3nc4n(c3c2)[C@@H]2CC4=[N+](C)C(=O)c3ccnc(OC(F)F)c32)n1. The van der Waals surface area contributed by atoms with E-state index in [9.17, 15) is 13.6 Å². The molecule has 0 radical (unpaired) electrons. The van der Waals surface area contributed by atoms with Crippen LogP contribution in [0, 0.1) is 11.8 Å². The van der Waals surface area contributed by atoms with Gasteiger partial charge >= 0.3 is 12.5 Å². The number of hydrogen-bond acceptors (Lipinski definition) is 5. The Morgan fingerprint density at radius 1 is 1.24 bits per heavy atom. The third-order valence-corrected chi connectivity index (χ3v) is 6.12. The van der Waals surface area contributed by atoms with Crippen LogP contribution in [0.2, 0.25) is 0 Å². The van der Waals surface area contributed by atoms with Crippen molar-refractivity contribution < 1.29 is 22.9 Å². The zero-order valence-corrected chi connectivity index (χ0v) is 18.2. The molecule has 0 unspecified atom stereocenters. The molecule has 2 bridgehead atoms. The van der Waals surface area contributed by atoms with Gasteiger partial charge in [0, 0.05) is 25.0 Å². The summed E-state index contributed by atoms with van der Waals surface area (Å²) < 4.78 is 36.2. The van der Waals surface area contributed by atoms with Gasteiger partial charge in [-0.25, -0.2) is 14.8 Å². The Bertz CT molecular complexity index is 1600. The van der Waals surface area contributed by atoms with Gasteiger partial charge in [-0.2, -0.15) is 18.5 Å². The number of alkyl halides is 2. The molecule has 0 spiro atoms. The quantitative estimate of drug-likeness (QED) is 0.340. The van der Waals surface area contributed by atoms with Crippen molar-refractivity contribution in [2.45, 2.75) is 19.1 Å². The smallest absolute Gasteiger partial charge is 0.417 e. The molecule has 5 heterocycles. The number of benzene rings is 1. The number of nitrogens with zero attached hydrogens (tertiary/aromatic N) is 6. The van der Waals surface area contributed by atoms with Crippen LogP contribution in [-0.4, -0.2) is 54.2 Å². The summed E-state index contributed by atoms with van der Waals surface area (Å²) in [6.45, 7) is -3.06. The first kappa shape index (κ1) is 20.2. The Balaban J connectivity index is 1.55. The zero-order chi connectivity index (χ0) is 23.6. The van der Waals surface area contributed by atoms with Crippen molar-refractivity contribution in [1.82, 2.24) is 24.3 Å². The Hall–Kier alpha value is -4.39. The van der Waals surface area contributed by atoms with Gasteiger partial charge in [0.15, 0.2) is 0 Å². The number of pyridine rings is 1. The normalized spacial score (nSPS) is 16.4. The first-order valence-corrected chi connectivity index (χ1v) is 10.5. The molecule has 0 fully saturated rings. The second kappa shape index (κ2) is 7.31. The van der Waals surface area contributed by atoms with E-state index >= 15 is 0 Å². The van der Waals surface area contributed by atoms with Gasteiger partial charge < -0.3 is 9.30 Å². The summed E-state index contributed by atoms with van der Waals surface area (Å²) in [5, 5.41) is 4.27. The lowest BCUT2D eigenvalue weighted by Crippen LogP contribution is -2.25. The third kappa shape index (κ3) is 3.01. The predicted molar refractivity (Wildman–Crippen MR) is 117 cm³/mol. The second-order valence-corrected chi connectivity index (χ2v) is 8.12. The summed E-state index contributed by atoms with van der Waals surface area (Å²) in [5.74, 6) is 6.21. The van der Waals surface area contributed by atoms with Crippen LogP contribution in [-0.2, 0) is 7.05 Å². The average Bonchev–Trinajstić information content (AvgIpc) is 3.48. The summed E-state index contributed by atoms with van der Waals surface area (Å²) in [6, 6.07) is 8.53. The summed E-state index contributed by atoms with van der Waals surface area (Å²) in [6.07, 6.45) is 3.53. The molecule has 0 saturated carbocycles. The Morgan fingerprint density at radius 3 is 2.85 bits per heavy atom. The van der Waals surface area contributed by atoms with Crippen molar-refractivity contribution in [2.24, 2.45) is 7.05 Å². The number of aryl methyl sites for hydroxylation is 1. The van der Waals surface area contributed by atoms with Gasteiger partial charge in [-0.05, 0) is 36.3 Å². The first-order valence-electron chi connectivity index (χ1n) is 10.5. The van der Waals surface area contributed by atoms with E-state index in [1.807, 2.05) is 42.1 Å². The molecule has 0 saturated heterocycles. The highest BCUT2D eigenvalue weighted by atomic mass is 19.3. The molecular weight excluding hydrogens is 442 g/mol. The van der Waals surface area contributed by atoms with Crippen LogP contribution >= 0.6 is 0 Å². The number of carbonyl (C=O) groups excluding carboxylic acids is 1. The molecule has 1 atom stereocenters. The fourth-order valence-electron chi connectivity index (χ4n) is 4.64. The molecule has 2 aliphatic heterocycles. The van der Waals surface area contributed by atoms with Crippen LogP contribution in [0.15, 0.2) is 42.7 Å². The minimum Gasteiger partial charge on any atom is -0.417 e. The predicted octanol–water partition coefficient (Wildman–Crippen LogP) is 2.74. The van der Waals surface area contributed by atoms with Gasteiger partial charge in [-0.3, -0.25) is 4.68 Å². The minimum atomic E-state index is -3.06. The van der Waals surface area contributed by atoms with E-state index in [2.05, 4.69) is 21.9 Å². The van der Waals surface area contributed by atoms with Crippen molar-refractivity contribution in [2.75, 3.05) is 7.05 Å². The lowest BCUT2D eigenvalue weighted by atomic mass is 10.00. The Kier molecular flexibility index (Phi) is 4.35. The van der Waals surface area contributed by atoms with Crippen LogP contribution in [0.1, 0.15) is 45.5 Å². The molecular formula is C24H17F2N6O2+. The summed E-state index contributed by atoms with van der Waals surface area (Å²) in [4.78, 5) is 21.9. The van der Waals surface area contributed by atoms with E-state index in [1.165, 1.54) is 16.8 Å². The molecule has 0 N–H and O–H groups in total. The summed E-state index contributed by atoms with van der Waals surface area (Å²) >= 11 is 0. The van der Waals surface area contributed by atoms with Crippen LogP contribution in [0.3, 0.4) is 0 Å². The van der Waals surface area contributed by atoms with Gasteiger partial charge in [-0.1, -0.05) is 5.92 Å². The Labute approximate surface area is 192 Å². The molecule has 4 aromatic rings. The molecule has 2 aliphatic rings. The highest BCUT2D eigenvalue weighted by Gasteiger charge is 2.46. The first-order chi connectivity index (χ1) is 16.4. The van der Waals surface area contributed by atoms with E-state index in [0.29, 0.717) is 34.7 Å². The van der Waals surface area contributed by atoms with Gasteiger partial charge in [0.25, 0.3) is 0 Å². The molecule has 34 heavy (non-hydrogen) atoms. The molecule has 6 rings (SSSR count). The van der Waals surface area contributed by atoms with Crippen LogP contribution < -0.4 is 4.74 Å². The fraction of sp³-hybridized carbons (Fsp3) is 0.208. The molecule has 3 aromatic heterocycles. The fourth-order valence-corrected chi connectivity index (χ4v) is 4.64. The Morgan fingerprint density at radius 2 is 2.09 bits per heavy atom. The number of aromatic nitrogens is 5. The highest BCUT2D eigenvalue weighted by molar-refractivity contribution is 6.06. The van der Waals surface area contributed by atoms with Crippen molar-refractivity contribution in [1.29, 1.82) is 0 Å². The van der Waals surface area contributed by atoms with E-state index in [-0.39, 0.29) is 17.4 Å². The standard InChI is InChI=1S/C24H17F2N6O2/c1-30-10-8-14(29-30)5-3-13-4-6-16-17(11-13)32-18-12-19(21(32)28-16)31(2)23(33)15-7-9-27-22(20(15)18)34-24(25)26/h4,6-11,18,24H,12H2,1-2H3/q+1/t18-/m1/s1. The molecule has 168 valence electrons. The van der Waals surface area contributed by atoms with Crippen LogP contribution in [0.25, 0.3) is 11.0 Å². The third-order valence-electron chi connectivity index (χ3n) is 6.12. The number of imidazole rings is 1. The molecule has 10 heteroatoms. The molecule has 8 nitrogen and oxygen atoms in total. The van der Waals surface area contributed by atoms with E-state index in [0.717, 1.165) is 11.1 Å². The number of amides is 1. The summed E-state index contributed by atoms with van der Waals surface area (Å²) in [5.41, 5.74) is 4.23. The number of rotatable bonds is 2. The topological polar surface area (TPSA) is 77.8 Å². The lowest BCUT2D eigenvalue weighted by molar-refractivity contribution is -0.394. The van der Waals surface area contributed by atoms with Crippen molar-refractivity contribution in [3.8, 4) is 17.7 Å². The van der Waals surface area contributed by atoms with Gasteiger partial charge in [-0.15, -0.1) is 0 Å². The number of halogens is 2. The largest absolute Gasteiger partial charge is 0.420 e.